The quantitative estimate of drug-likeness (QED) is 0.881. The summed E-state index contributed by atoms with van der Waals surface area (Å²) in [5.74, 6) is -0.124. The van der Waals surface area contributed by atoms with Gasteiger partial charge in [-0.3, -0.25) is 14.2 Å². The van der Waals surface area contributed by atoms with Gasteiger partial charge in [0.2, 0.25) is 5.91 Å². The minimum absolute atomic E-state index is 0.124. The number of carbonyl (C=O) groups excluding carboxylic acids is 1. The van der Waals surface area contributed by atoms with Crippen molar-refractivity contribution < 1.29 is 4.79 Å². The summed E-state index contributed by atoms with van der Waals surface area (Å²) in [6, 6.07) is 1.88. The number of halogens is 1. The van der Waals surface area contributed by atoms with Crippen LogP contribution in [-0.2, 0) is 24.4 Å². The van der Waals surface area contributed by atoms with Crippen LogP contribution in [0.15, 0.2) is 24.7 Å². The molecule has 1 amide bonds. The Kier molecular flexibility index (Phi) is 3.99. The molecule has 0 unspecified atom stereocenters. The molecular weight excluding hydrogens is 254 g/mol. The maximum Gasteiger partial charge on any atom is 0.242 e. The number of nitrogens with zero attached hydrogens (tertiary/aromatic N) is 4. The van der Waals surface area contributed by atoms with E-state index in [4.69, 9.17) is 11.6 Å². The molecule has 18 heavy (non-hydrogen) atoms. The first kappa shape index (κ1) is 12.6. The number of rotatable bonds is 5. The summed E-state index contributed by atoms with van der Waals surface area (Å²) >= 11 is 5.71. The van der Waals surface area contributed by atoms with Gasteiger partial charge in [0.05, 0.1) is 23.5 Å². The maximum absolute atomic E-state index is 11.6. The van der Waals surface area contributed by atoms with E-state index in [1.807, 2.05) is 23.9 Å². The fraction of sp³-hybridized carbons (Fsp3) is 0.364. The van der Waals surface area contributed by atoms with E-state index in [0.717, 1.165) is 12.2 Å². The van der Waals surface area contributed by atoms with E-state index in [-0.39, 0.29) is 12.5 Å². The molecule has 0 aliphatic carbocycles. The van der Waals surface area contributed by atoms with Crippen LogP contribution in [0.2, 0.25) is 5.02 Å². The monoisotopic (exact) mass is 267 g/mol. The lowest BCUT2D eigenvalue weighted by Crippen LogP contribution is -2.27. The van der Waals surface area contributed by atoms with Crippen molar-refractivity contribution in [2.75, 3.05) is 0 Å². The van der Waals surface area contributed by atoms with Gasteiger partial charge in [-0.15, -0.1) is 0 Å². The molecule has 0 atom stereocenters. The number of amides is 1. The zero-order valence-corrected chi connectivity index (χ0v) is 10.8. The van der Waals surface area contributed by atoms with Gasteiger partial charge in [-0.05, 0) is 13.0 Å². The van der Waals surface area contributed by atoms with Gasteiger partial charge in [0.1, 0.15) is 6.54 Å². The zero-order valence-electron chi connectivity index (χ0n) is 10.0. The first-order chi connectivity index (χ1) is 8.67. The third-order valence-corrected chi connectivity index (χ3v) is 2.59. The Morgan fingerprint density at radius 3 is 2.94 bits per heavy atom. The molecule has 6 nitrogen and oxygen atoms in total. The number of carbonyl (C=O) groups is 1. The largest absolute Gasteiger partial charge is 0.349 e. The summed E-state index contributed by atoms with van der Waals surface area (Å²) in [5.41, 5.74) is 0.837. The second kappa shape index (κ2) is 5.68. The Morgan fingerprint density at radius 1 is 1.50 bits per heavy atom. The Labute approximate surface area is 110 Å². The minimum atomic E-state index is -0.124. The van der Waals surface area contributed by atoms with Crippen LogP contribution in [0.1, 0.15) is 12.6 Å². The lowest BCUT2D eigenvalue weighted by Gasteiger charge is -2.03. The number of hydrogen-bond donors (Lipinski definition) is 1. The topological polar surface area (TPSA) is 64.7 Å². The SMILES string of the molecule is CCn1ccc(CNC(=O)Cn2cc(Cl)cn2)n1. The van der Waals surface area contributed by atoms with Crippen molar-refractivity contribution in [3.63, 3.8) is 0 Å². The molecule has 0 aromatic carbocycles. The van der Waals surface area contributed by atoms with Gasteiger partial charge in [0, 0.05) is 18.9 Å². The highest BCUT2D eigenvalue weighted by atomic mass is 35.5. The molecule has 7 heteroatoms. The Bertz CT molecular complexity index is 533. The van der Waals surface area contributed by atoms with E-state index >= 15 is 0 Å². The predicted molar refractivity (Wildman–Crippen MR) is 67.0 cm³/mol. The van der Waals surface area contributed by atoms with Gasteiger partial charge in [0.25, 0.3) is 0 Å². The number of aromatic nitrogens is 4. The summed E-state index contributed by atoms with van der Waals surface area (Å²) in [6.07, 6.45) is 4.99. The highest BCUT2D eigenvalue weighted by Crippen LogP contribution is 2.04. The van der Waals surface area contributed by atoms with Gasteiger partial charge in [-0.25, -0.2) is 0 Å². The average Bonchev–Trinajstić information content (AvgIpc) is 2.95. The number of hydrogen-bond acceptors (Lipinski definition) is 3. The van der Waals surface area contributed by atoms with Gasteiger partial charge in [-0.1, -0.05) is 11.6 Å². The Hall–Kier alpha value is -1.82. The molecule has 0 aliphatic rings. The van der Waals surface area contributed by atoms with E-state index in [2.05, 4.69) is 15.5 Å². The van der Waals surface area contributed by atoms with Crippen LogP contribution in [0.3, 0.4) is 0 Å². The van der Waals surface area contributed by atoms with Crippen molar-refractivity contribution in [2.24, 2.45) is 0 Å². The van der Waals surface area contributed by atoms with Crippen LogP contribution in [-0.4, -0.2) is 25.5 Å². The van der Waals surface area contributed by atoms with Gasteiger partial charge >= 0.3 is 0 Å². The molecule has 1 N–H and O–H groups in total. The highest BCUT2D eigenvalue weighted by Gasteiger charge is 2.05. The smallest absolute Gasteiger partial charge is 0.242 e. The second-order valence-electron chi connectivity index (χ2n) is 3.80. The molecule has 0 aliphatic heterocycles. The van der Waals surface area contributed by atoms with E-state index in [1.54, 1.807) is 6.20 Å². The van der Waals surface area contributed by atoms with Crippen LogP contribution < -0.4 is 5.32 Å². The molecule has 0 bridgehead atoms. The molecule has 0 spiro atoms. The molecule has 0 saturated heterocycles. The second-order valence-corrected chi connectivity index (χ2v) is 4.23. The fourth-order valence-corrected chi connectivity index (χ4v) is 1.65. The van der Waals surface area contributed by atoms with E-state index in [0.29, 0.717) is 11.6 Å². The number of nitrogens with one attached hydrogen (secondary N) is 1. The molecule has 96 valence electrons. The third-order valence-electron chi connectivity index (χ3n) is 2.39. The first-order valence-electron chi connectivity index (χ1n) is 5.64. The maximum atomic E-state index is 11.6. The van der Waals surface area contributed by atoms with Gasteiger partial charge in [-0.2, -0.15) is 10.2 Å². The fourth-order valence-electron chi connectivity index (χ4n) is 1.49. The van der Waals surface area contributed by atoms with Crippen molar-refractivity contribution in [3.8, 4) is 0 Å². The van der Waals surface area contributed by atoms with Crippen molar-refractivity contribution in [3.05, 3.63) is 35.4 Å². The van der Waals surface area contributed by atoms with Crippen LogP contribution in [0.4, 0.5) is 0 Å². The lowest BCUT2D eigenvalue weighted by atomic mass is 10.4. The van der Waals surface area contributed by atoms with Gasteiger partial charge < -0.3 is 5.32 Å². The first-order valence-corrected chi connectivity index (χ1v) is 6.02. The zero-order chi connectivity index (χ0) is 13.0. The van der Waals surface area contributed by atoms with Crippen LogP contribution in [0.25, 0.3) is 0 Å². The molecule has 2 heterocycles. The lowest BCUT2D eigenvalue weighted by molar-refractivity contribution is -0.122. The summed E-state index contributed by atoms with van der Waals surface area (Å²) in [5, 5.41) is 11.5. The Morgan fingerprint density at radius 2 is 2.33 bits per heavy atom. The molecule has 2 aromatic rings. The van der Waals surface area contributed by atoms with Crippen LogP contribution >= 0.6 is 11.6 Å². The highest BCUT2D eigenvalue weighted by molar-refractivity contribution is 6.30. The van der Waals surface area contributed by atoms with E-state index in [1.165, 1.54) is 10.9 Å². The molecule has 0 saturated carbocycles. The summed E-state index contributed by atoms with van der Waals surface area (Å²) in [7, 11) is 0. The van der Waals surface area contributed by atoms with Crippen molar-refractivity contribution in [1.82, 2.24) is 24.9 Å². The molecule has 0 fully saturated rings. The Balaban J connectivity index is 1.81. The van der Waals surface area contributed by atoms with Crippen molar-refractivity contribution >= 4 is 17.5 Å². The third kappa shape index (κ3) is 3.33. The van der Waals surface area contributed by atoms with Crippen LogP contribution in [0, 0.1) is 0 Å². The standard InChI is InChI=1S/C11H14ClN5O/c1-2-16-4-3-10(15-16)6-13-11(18)8-17-7-9(12)5-14-17/h3-5,7H,2,6,8H2,1H3,(H,13,18). The molecule has 2 rings (SSSR count). The van der Waals surface area contributed by atoms with Crippen molar-refractivity contribution in [2.45, 2.75) is 26.6 Å². The molecule has 2 aromatic heterocycles. The molecule has 0 radical (unpaired) electrons. The minimum Gasteiger partial charge on any atom is -0.349 e. The molecular formula is C11H14ClN5O. The van der Waals surface area contributed by atoms with Gasteiger partial charge in [0.15, 0.2) is 0 Å². The summed E-state index contributed by atoms with van der Waals surface area (Å²) in [4.78, 5) is 11.6. The summed E-state index contributed by atoms with van der Waals surface area (Å²) < 4.78 is 3.30. The van der Waals surface area contributed by atoms with E-state index < -0.39 is 0 Å². The van der Waals surface area contributed by atoms with Crippen molar-refractivity contribution in [1.29, 1.82) is 0 Å². The van der Waals surface area contributed by atoms with Crippen LogP contribution in [0.5, 0.6) is 0 Å². The summed E-state index contributed by atoms with van der Waals surface area (Å²) in [6.45, 7) is 3.40. The normalized spacial score (nSPS) is 10.6. The average molecular weight is 268 g/mol. The predicted octanol–water partition coefficient (Wildman–Crippen LogP) is 1.07. The van der Waals surface area contributed by atoms with E-state index in [9.17, 15) is 4.79 Å². The number of aryl methyl sites for hydroxylation is 1.